The van der Waals surface area contributed by atoms with Crippen molar-refractivity contribution in [1.82, 2.24) is 5.32 Å². The van der Waals surface area contributed by atoms with Crippen molar-refractivity contribution in [2.24, 2.45) is 5.41 Å². The van der Waals surface area contributed by atoms with Crippen LogP contribution in [0.15, 0.2) is 24.3 Å². The van der Waals surface area contributed by atoms with Gasteiger partial charge in [-0.3, -0.25) is 0 Å². The van der Waals surface area contributed by atoms with Crippen molar-refractivity contribution in [3.8, 4) is 0 Å². The van der Waals surface area contributed by atoms with Crippen LogP contribution in [0.3, 0.4) is 0 Å². The summed E-state index contributed by atoms with van der Waals surface area (Å²) in [6.07, 6.45) is 3.66. The molecule has 118 valence electrons. The van der Waals surface area contributed by atoms with Crippen LogP contribution in [-0.4, -0.2) is 25.2 Å². The fourth-order valence-corrected chi connectivity index (χ4v) is 3.21. The second-order valence-corrected chi connectivity index (χ2v) is 7.61. The maximum absolute atomic E-state index is 3.74. The number of para-hydroxylation sites is 1. The predicted molar refractivity (Wildman–Crippen MR) is 93.1 cm³/mol. The lowest BCUT2D eigenvalue weighted by molar-refractivity contribution is 0.227. The molecule has 2 nitrogen and oxygen atoms in total. The molecule has 0 aliphatic carbocycles. The summed E-state index contributed by atoms with van der Waals surface area (Å²) in [5, 5.41) is 3.74. The molecule has 0 saturated heterocycles. The predicted octanol–water partition coefficient (Wildman–Crippen LogP) is 4.24. The molecule has 1 aliphatic heterocycles. The van der Waals surface area contributed by atoms with Crippen molar-refractivity contribution in [1.29, 1.82) is 0 Å². The van der Waals surface area contributed by atoms with E-state index in [0.717, 1.165) is 6.54 Å². The van der Waals surface area contributed by atoms with Gasteiger partial charge in [-0.05, 0) is 57.1 Å². The maximum Gasteiger partial charge on any atom is 0.0399 e. The van der Waals surface area contributed by atoms with Gasteiger partial charge in [0.1, 0.15) is 0 Å². The van der Waals surface area contributed by atoms with Gasteiger partial charge in [0.15, 0.2) is 0 Å². The van der Waals surface area contributed by atoms with Crippen LogP contribution in [0.4, 0.5) is 5.69 Å². The third-order valence-corrected chi connectivity index (χ3v) is 5.00. The highest BCUT2D eigenvalue weighted by atomic mass is 15.2. The number of nitrogens with zero attached hydrogens (tertiary/aromatic N) is 1. The zero-order valence-corrected chi connectivity index (χ0v) is 14.5. The highest BCUT2D eigenvalue weighted by Gasteiger charge is 2.32. The van der Waals surface area contributed by atoms with Gasteiger partial charge in [-0.1, -0.05) is 32.0 Å². The van der Waals surface area contributed by atoms with E-state index in [-0.39, 0.29) is 5.54 Å². The number of benzene rings is 1. The molecule has 1 heterocycles. The first-order chi connectivity index (χ1) is 9.89. The summed E-state index contributed by atoms with van der Waals surface area (Å²) in [5.41, 5.74) is 3.53. The molecule has 0 fully saturated rings. The van der Waals surface area contributed by atoms with E-state index < -0.39 is 0 Å². The fourth-order valence-electron chi connectivity index (χ4n) is 3.21. The van der Waals surface area contributed by atoms with Gasteiger partial charge < -0.3 is 10.2 Å². The Balaban J connectivity index is 2.10. The lowest BCUT2D eigenvalue weighted by Gasteiger charge is -2.39. The van der Waals surface area contributed by atoms with Crippen LogP contribution in [0, 0.1) is 5.41 Å². The molecule has 1 aliphatic rings. The molecule has 0 bridgehead atoms. The molecule has 0 amide bonds. The Bertz CT molecular complexity index is 455. The van der Waals surface area contributed by atoms with Crippen LogP contribution in [0.25, 0.3) is 0 Å². The number of anilines is 1. The largest absolute Gasteiger partial charge is 0.370 e. The molecule has 0 spiro atoms. The molecule has 1 N–H and O–H groups in total. The summed E-state index contributed by atoms with van der Waals surface area (Å²) in [6, 6.07) is 8.90. The second kappa shape index (κ2) is 6.39. The summed E-state index contributed by atoms with van der Waals surface area (Å²) < 4.78 is 0. The van der Waals surface area contributed by atoms with E-state index in [1.807, 2.05) is 0 Å². The summed E-state index contributed by atoms with van der Waals surface area (Å²) in [5.74, 6) is 0. The molecule has 1 aromatic rings. The van der Waals surface area contributed by atoms with E-state index in [0.29, 0.717) is 5.41 Å². The normalized spacial score (nSPS) is 15.4. The zero-order valence-electron chi connectivity index (χ0n) is 14.5. The van der Waals surface area contributed by atoms with Gasteiger partial charge in [0.2, 0.25) is 0 Å². The quantitative estimate of drug-likeness (QED) is 0.842. The molecular weight excluding hydrogens is 256 g/mol. The molecule has 2 rings (SSSR count). The molecule has 2 heteroatoms. The van der Waals surface area contributed by atoms with Gasteiger partial charge in [0.25, 0.3) is 0 Å². The van der Waals surface area contributed by atoms with E-state index in [2.05, 4.69) is 69.1 Å². The number of hydrogen-bond acceptors (Lipinski definition) is 2. The van der Waals surface area contributed by atoms with Crippen molar-refractivity contribution < 1.29 is 0 Å². The van der Waals surface area contributed by atoms with Gasteiger partial charge in [-0.2, -0.15) is 0 Å². The Kier molecular flexibility index (Phi) is 4.98. The van der Waals surface area contributed by atoms with Crippen molar-refractivity contribution in [2.45, 2.75) is 59.4 Å². The van der Waals surface area contributed by atoms with E-state index in [1.54, 1.807) is 0 Å². The monoisotopic (exact) mass is 288 g/mol. The number of hydrogen-bond donors (Lipinski definition) is 1. The molecule has 0 unspecified atom stereocenters. The standard InChI is InChI=1S/C19H32N2/c1-6-19(7-2,14-20-18(3,4)5)15-21-13-12-16-10-8-9-11-17(16)21/h8-11,20H,6-7,12-15H2,1-5H3. The third kappa shape index (κ3) is 4.00. The smallest absolute Gasteiger partial charge is 0.0399 e. The van der Waals surface area contributed by atoms with Gasteiger partial charge in [0, 0.05) is 30.9 Å². The minimum atomic E-state index is 0.193. The molecule has 21 heavy (non-hydrogen) atoms. The summed E-state index contributed by atoms with van der Waals surface area (Å²) >= 11 is 0. The Morgan fingerprint density at radius 3 is 2.38 bits per heavy atom. The molecule has 0 radical (unpaired) electrons. The molecule has 1 aromatic carbocycles. The van der Waals surface area contributed by atoms with Gasteiger partial charge in [-0.25, -0.2) is 0 Å². The van der Waals surface area contributed by atoms with E-state index in [4.69, 9.17) is 0 Å². The minimum absolute atomic E-state index is 0.193. The summed E-state index contributed by atoms with van der Waals surface area (Å²) in [7, 11) is 0. The van der Waals surface area contributed by atoms with Crippen LogP contribution in [-0.2, 0) is 6.42 Å². The van der Waals surface area contributed by atoms with E-state index >= 15 is 0 Å². The Morgan fingerprint density at radius 2 is 1.76 bits per heavy atom. The van der Waals surface area contributed by atoms with Crippen LogP contribution in [0.2, 0.25) is 0 Å². The lowest BCUT2D eigenvalue weighted by atomic mass is 9.81. The average molecular weight is 288 g/mol. The van der Waals surface area contributed by atoms with Crippen LogP contribution < -0.4 is 10.2 Å². The fraction of sp³-hybridized carbons (Fsp3) is 0.684. The number of rotatable bonds is 6. The first-order valence-corrected chi connectivity index (χ1v) is 8.47. The van der Waals surface area contributed by atoms with Crippen molar-refractivity contribution in [3.63, 3.8) is 0 Å². The molecule has 0 atom stereocenters. The Hall–Kier alpha value is -1.02. The van der Waals surface area contributed by atoms with E-state index in [1.165, 1.54) is 43.6 Å². The zero-order chi connectivity index (χ0) is 15.5. The summed E-state index contributed by atoms with van der Waals surface area (Å²) in [6.45, 7) is 14.9. The maximum atomic E-state index is 3.74. The van der Waals surface area contributed by atoms with Gasteiger partial charge in [0.05, 0.1) is 0 Å². The third-order valence-electron chi connectivity index (χ3n) is 5.00. The molecular formula is C19H32N2. The van der Waals surface area contributed by atoms with Crippen molar-refractivity contribution >= 4 is 5.69 Å². The summed E-state index contributed by atoms with van der Waals surface area (Å²) in [4.78, 5) is 2.60. The topological polar surface area (TPSA) is 15.3 Å². The van der Waals surface area contributed by atoms with Crippen LogP contribution in [0.1, 0.15) is 53.0 Å². The number of fused-ring (bicyclic) bond motifs is 1. The van der Waals surface area contributed by atoms with Crippen LogP contribution in [0.5, 0.6) is 0 Å². The SMILES string of the molecule is CCC(CC)(CNC(C)(C)C)CN1CCc2ccccc21. The molecule has 0 aromatic heterocycles. The van der Waals surface area contributed by atoms with Crippen LogP contribution >= 0.6 is 0 Å². The van der Waals surface area contributed by atoms with Gasteiger partial charge in [-0.15, -0.1) is 0 Å². The average Bonchev–Trinajstić information content (AvgIpc) is 2.86. The Morgan fingerprint density at radius 1 is 1.10 bits per heavy atom. The lowest BCUT2D eigenvalue weighted by Crippen LogP contribution is -2.48. The first kappa shape index (κ1) is 16.4. The number of nitrogens with one attached hydrogen (secondary N) is 1. The molecule has 0 saturated carbocycles. The Labute approximate surface area is 130 Å². The van der Waals surface area contributed by atoms with Gasteiger partial charge >= 0.3 is 0 Å². The first-order valence-electron chi connectivity index (χ1n) is 8.47. The highest BCUT2D eigenvalue weighted by molar-refractivity contribution is 5.57. The minimum Gasteiger partial charge on any atom is -0.370 e. The van der Waals surface area contributed by atoms with E-state index in [9.17, 15) is 0 Å². The highest BCUT2D eigenvalue weighted by Crippen LogP contribution is 2.34. The second-order valence-electron chi connectivity index (χ2n) is 7.61. The van der Waals surface area contributed by atoms with Crippen molar-refractivity contribution in [3.05, 3.63) is 29.8 Å². The van der Waals surface area contributed by atoms with Crippen molar-refractivity contribution in [2.75, 3.05) is 24.5 Å².